The summed E-state index contributed by atoms with van der Waals surface area (Å²) in [5.41, 5.74) is 1.23. The number of allylic oxidation sites excluding steroid dienone is 6. The van der Waals surface area contributed by atoms with E-state index in [0.717, 1.165) is 5.57 Å². The molecule has 20 heteroatoms. The van der Waals surface area contributed by atoms with Gasteiger partial charge in [-0.15, -0.1) is 0 Å². The first-order valence-electron chi connectivity index (χ1n) is 26.8. The van der Waals surface area contributed by atoms with Crippen LogP contribution in [0, 0.1) is 35.5 Å². The normalized spacial score (nSPS) is 37.5. The van der Waals surface area contributed by atoms with Crippen molar-refractivity contribution in [2.45, 2.75) is 180 Å². The highest BCUT2D eigenvalue weighted by atomic mass is 79.9. The molecular weight excluding hydrogens is 1060 g/mol. The third-order valence-electron chi connectivity index (χ3n) is 15.5. The van der Waals surface area contributed by atoms with E-state index in [9.17, 15) is 43.6 Å². The number of halogens is 1. The van der Waals surface area contributed by atoms with Gasteiger partial charge in [-0.3, -0.25) is 28.2 Å². The lowest BCUT2D eigenvalue weighted by molar-refractivity contribution is -0.265. The summed E-state index contributed by atoms with van der Waals surface area (Å²) >= 11 is 3.14. The molecule has 0 aromatic rings. The molecule has 2 saturated heterocycles. The van der Waals surface area contributed by atoms with Crippen LogP contribution in [0.15, 0.2) is 47.6 Å². The number of nitrogens with zero attached hydrogens (tertiary/aromatic N) is 1. The van der Waals surface area contributed by atoms with Gasteiger partial charge in [0.15, 0.2) is 5.78 Å². The van der Waals surface area contributed by atoms with Gasteiger partial charge in [-0.1, -0.05) is 87.0 Å². The van der Waals surface area contributed by atoms with E-state index in [-0.39, 0.29) is 74.8 Å². The summed E-state index contributed by atoms with van der Waals surface area (Å²) in [5, 5.41) is 23.9. The standard InChI is InChI=1S/C55H87BrNO17P/c1-34-16-12-11-13-17-35(2)46(67-8)32-42-21-19-40(7)55(64,74-42)52(61)53(62)57-24-15-14-18-43(57)54(63)73-47(33-44(58)36(3)29-39(6)50(60)51(69-10)49(59)38(5)28-34)37(4)30-41-20-22-45(48(31-41)68-9)70-26-27-72-75(65,66)71-25-23-56/h11-13,16-17,29,34,36-38,40-43,45-48,50-51,60,64H,14-15,18-28,30-33H2,1-10H3,(H,65,66)/b13-11+,16-12+,35-17+,39-29+/t34-,36-,37-,38-,40-,41+,42+,43+,45-,46+,47+,48-,50-,51+,55-/m1/s1. The number of aliphatic hydroxyl groups excluding tert-OH is 1. The lowest BCUT2D eigenvalue weighted by atomic mass is 9.78. The van der Waals surface area contributed by atoms with Crippen molar-refractivity contribution in [1.29, 1.82) is 0 Å². The molecule has 426 valence electrons. The van der Waals surface area contributed by atoms with Gasteiger partial charge in [0, 0.05) is 63.8 Å². The number of amides is 1. The lowest BCUT2D eigenvalue weighted by Crippen LogP contribution is -2.61. The summed E-state index contributed by atoms with van der Waals surface area (Å²) in [7, 11) is 0.288. The number of phosphoric acid groups is 1. The highest BCUT2D eigenvalue weighted by molar-refractivity contribution is 9.09. The molecule has 0 spiro atoms. The van der Waals surface area contributed by atoms with Crippen LogP contribution in [-0.4, -0.2) is 157 Å². The van der Waals surface area contributed by atoms with Crippen molar-refractivity contribution in [3.05, 3.63) is 47.6 Å². The number of methoxy groups -OCH3 is 3. The number of esters is 1. The SMILES string of the molecule is CO[C@H]1C[C@@H]2CC[C@@H](C)[C@@](O)(O2)C(=O)C(=O)N2CCCC[C@H]2C(=O)O[C@H]([C@H](C)C[C@@H]2CC[C@@H](OCCOP(=O)(O)OCCBr)[C@H](OC)C2)CC(=O)[C@H](C)/C=C(\C)[C@@H](O)[C@@H](OC)C(=O)[C@H](C)C[C@H](C)/C=C/C=C/C=C/1C. The van der Waals surface area contributed by atoms with Crippen LogP contribution in [0.25, 0.3) is 0 Å². The predicted molar refractivity (Wildman–Crippen MR) is 284 cm³/mol. The predicted octanol–water partition coefficient (Wildman–Crippen LogP) is 7.73. The minimum absolute atomic E-state index is 0.00101. The summed E-state index contributed by atoms with van der Waals surface area (Å²) in [5.74, 6) is -8.38. The van der Waals surface area contributed by atoms with Crippen molar-refractivity contribution in [3.8, 4) is 0 Å². The second-order valence-electron chi connectivity index (χ2n) is 21.3. The Labute approximate surface area is 453 Å². The molecule has 1 amide bonds. The van der Waals surface area contributed by atoms with Crippen LogP contribution in [-0.2, 0) is 66.0 Å². The number of fused-ring (bicyclic) bond motifs is 3. The van der Waals surface area contributed by atoms with E-state index >= 15 is 0 Å². The summed E-state index contributed by atoms with van der Waals surface area (Å²) in [4.78, 5) is 82.4. The van der Waals surface area contributed by atoms with E-state index in [1.807, 2.05) is 51.2 Å². The molecule has 4 rings (SSSR count). The van der Waals surface area contributed by atoms with Crippen LogP contribution in [0.4, 0.5) is 0 Å². The Balaban J connectivity index is 1.64. The van der Waals surface area contributed by atoms with E-state index in [1.54, 1.807) is 48.0 Å². The maximum Gasteiger partial charge on any atom is 0.472 e. The number of hydrogen-bond acceptors (Lipinski definition) is 16. The number of aliphatic hydroxyl groups is 2. The van der Waals surface area contributed by atoms with Gasteiger partial charge in [0.2, 0.25) is 5.79 Å². The fourth-order valence-electron chi connectivity index (χ4n) is 10.8. The van der Waals surface area contributed by atoms with Crippen LogP contribution in [0.3, 0.4) is 0 Å². The fourth-order valence-corrected chi connectivity index (χ4v) is 11.9. The van der Waals surface area contributed by atoms with Crippen molar-refractivity contribution in [1.82, 2.24) is 4.90 Å². The number of alkyl halides is 1. The minimum Gasteiger partial charge on any atom is -0.460 e. The van der Waals surface area contributed by atoms with E-state index < -0.39 is 91.5 Å². The van der Waals surface area contributed by atoms with Crippen LogP contribution in [0.2, 0.25) is 0 Å². The van der Waals surface area contributed by atoms with Gasteiger partial charge in [0.25, 0.3) is 11.7 Å². The third-order valence-corrected chi connectivity index (χ3v) is 16.8. The number of cyclic esters (lactones) is 1. The number of ketones is 3. The van der Waals surface area contributed by atoms with Crippen molar-refractivity contribution < 1.29 is 81.1 Å². The molecule has 1 unspecified atom stereocenters. The second kappa shape index (κ2) is 31.1. The Morgan fingerprint density at radius 2 is 1.57 bits per heavy atom. The third kappa shape index (κ3) is 18.9. The van der Waals surface area contributed by atoms with E-state index in [0.29, 0.717) is 75.1 Å². The van der Waals surface area contributed by atoms with Gasteiger partial charge in [-0.25, -0.2) is 9.36 Å². The van der Waals surface area contributed by atoms with Gasteiger partial charge in [-0.05, 0) is 107 Å². The number of Topliss-reactive ketones (excluding diaryl/α,β-unsaturated/α-hetero) is 3. The monoisotopic (exact) mass is 1140 g/mol. The fraction of sp³-hybridized carbons (Fsp3) is 0.764. The first kappa shape index (κ1) is 64.7. The summed E-state index contributed by atoms with van der Waals surface area (Å²) in [6.07, 6.45) is 10.9. The number of hydrogen-bond donors (Lipinski definition) is 3. The maximum absolute atomic E-state index is 14.6. The average molecular weight is 1150 g/mol. The molecule has 1 aliphatic carbocycles. The van der Waals surface area contributed by atoms with E-state index in [2.05, 4.69) is 15.9 Å². The average Bonchev–Trinajstić information content (AvgIpc) is 3.38. The first-order chi connectivity index (χ1) is 35.5. The first-order valence-corrected chi connectivity index (χ1v) is 29.4. The molecule has 3 aliphatic heterocycles. The molecule has 3 N–H and O–H groups in total. The molecule has 0 aromatic carbocycles. The number of carbonyl (C=O) groups excluding carboxylic acids is 5. The highest BCUT2D eigenvalue weighted by Crippen LogP contribution is 2.43. The Kier molecular flexibility index (Phi) is 26.9. The quantitative estimate of drug-likeness (QED) is 0.0376. The zero-order valence-electron chi connectivity index (χ0n) is 45.9. The molecule has 0 radical (unpaired) electrons. The number of ether oxygens (including phenoxy) is 6. The minimum atomic E-state index is -4.23. The van der Waals surface area contributed by atoms with Crippen molar-refractivity contribution >= 4 is 53.0 Å². The smallest absolute Gasteiger partial charge is 0.460 e. The number of phosphoric ester groups is 1. The zero-order valence-corrected chi connectivity index (χ0v) is 48.4. The molecule has 3 fully saturated rings. The topological polar surface area (TPSA) is 240 Å². The van der Waals surface area contributed by atoms with Crippen LogP contribution >= 0.6 is 23.8 Å². The van der Waals surface area contributed by atoms with E-state index in [4.69, 9.17) is 37.5 Å². The highest BCUT2D eigenvalue weighted by Gasteiger charge is 2.53. The van der Waals surface area contributed by atoms with E-state index in [1.165, 1.54) is 12.0 Å². The number of rotatable bonds is 14. The number of carbonyl (C=O) groups is 5. The summed E-state index contributed by atoms with van der Waals surface area (Å²) in [6.45, 7) is 12.5. The maximum atomic E-state index is 14.6. The van der Waals surface area contributed by atoms with Gasteiger partial charge in [0.1, 0.15) is 30.1 Å². The zero-order chi connectivity index (χ0) is 55.6. The molecule has 1 saturated carbocycles. The second-order valence-corrected chi connectivity index (χ2v) is 23.5. The Hall–Kier alpha value is -2.78. The summed E-state index contributed by atoms with van der Waals surface area (Å²) in [6, 6.07) is -1.18. The Bertz CT molecular complexity index is 2060. The van der Waals surface area contributed by atoms with Crippen LogP contribution < -0.4 is 0 Å². The molecule has 16 atom stereocenters. The number of piperidine rings is 1. The van der Waals surface area contributed by atoms with Gasteiger partial charge in [-0.2, -0.15) is 0 Å². The molecule has 3 heterocycles. The van der Waals surface area contributed by atoms with Crippen LogP contribution in [0.1, 0.15) is 126 Å². The molecule has 0 aromatic heterocycles. The van der Waals surface area contributed by atoms with Crippen molar-refractivity contribution in [2.24, 2.45) is 35.5 Å². The molecule has 2 bridgehead atoms. The van der Waals surface area contributed by atoms with Gasteiger partial charge >= 0.3 is 13.8 Å². The van der Waals surface area contributed by atoms with Crippen molar-refractivity contribution in [2.75, 3.05) is 53.0 Å². The lowest BCUT2D eigenvalue weighted by Gasteiger charge is -2.42. The molecule has 75 heavy (non-hydrogen) atoms. The molecular formula is C55H87BrNO17P. The van der Waals surface area contributed by atoms with Gasteiger partial charge < -0.3 is 48.4 Å². The van der Waals surface area contributed by atoms with Crippen LogP contribution in [0.5, 0.6) is 0 Å². The summed E-state index contributed by atoms with van der Waals surface area (Å²) < 4.78 is 57.8. The van der Waals surface area contributed by atoms with Crippen molar-refractivity contribution in [3.63, 3.8) is 0 Å². The molecule has 18 nitrogen and oxygen atoms in total. The largest absolute Gasteiger partial charge is 0.472 e. The molecule has 4 aliphatic rings. The Morgan fingerprint density at radius 3 is 2.25 bits per heavy atom. The Morgan fingerprint density at radius 1 is 0.853 bits per heavy atom. The van der Waals surface area contributed by atoms with Gasteiger partial charge in [0.05, 0.1) is 44.2 Å².